The lowest BCUT2D eigenvalue weighted by Crippen LogP contribution is -2.17. The monoisotopic (exact) mass is 321 g/mol. The van der Waals surface area contributed by atoms with Crippen LogP contribution in [-0.4, -0.2) is 38.7 Å². The lowest BCUT2D eigenvalue weighted by molar-refractivity contribution is -0.138. The Hall–Kier alpha value is -2.83. The number of ether oxygens (including phenoxy) is 3. The van der Waals surface area contributed by atoms with E-state index in [4.69, 9.17) is 4.74 Å². The van der Waals surface area contributed by atoms with Crippen LogP contribution in [0.15, 0.2) is 30.0 Å². The van der Waals surface area contributed by atoms with Crippen molar-refractivity contribution < 1.29 is 28.6 Å². The van der Waals surface area contributed by atoms with E-state index in [0.717, 1.165) is 6.08 Å². The summed E-state index contributed by atoms with van der Waals surface area (Å²) >= 11 is 0. The fourth-order valence-electron chi connectivity index (χ4n) is 1.78. The molecule has 0 heterocycles. The molecule has 0 aliphatic carbocycles. The van der Waals surface area contributed by atoms with Gasteiger partial charge in [-0.05, 0) is 31.5 Å². The molecule has 1 aromatic rings. The average Bonchev–Trinajstić information content (AvgIpc) is 2.55. The first-order valence-corrected chi connectivity index (χ1v) is 6.86. The van der Waals surface area contributed by atoms with Gasteiger partial charge in [0, 0.05) is 5.69 Å². The second kappa shape index (κ2) is 8.57. The van der Waals surface area contributed by atoms with Gasteiger partial charge in [-0.15, -0.1) is 0 Å². The summed E-state index contributed by atoms with van der Waals surface area (Å²) in [7, 11) is 2.39. The second-order valence-electron chi connectivity index (χ2n) is 4.40. The maximum absolute atomic E-state index is 11.9. The number of methoxy groups -OCH3 is 2. The van der Waals surface area contributed by atoms with Gasteiger partial charge < -0.3 is 19.5 Å². The zero-order valence-corrected chi connectivity index (χ0v) is 13.5. The van der Waals surface area contributed by atoms with Crippen molar-refractivity contribution in [1.29, 1.82) is 0 Å². The van der Waals surface area contributed by atoms with Crippen molar-refractivity contribution in [2.45, 2.75) is 13.8 Å². The largest absolute Gasteiger partial charge is 0.466 e. The van der Waals surface area contributed by atoms with Gasteiger partial charge in [-0.3, -0.25) is 0 Å². The van der Waals surface area contributed by atoms with Crippen molar-refractivity contribution in [1.82, 2.24) is 0 Å². The predicted octanol–water partition coefficient (Wildman–Crippen LogP) is 1.81. The second-order valence-corrected chi connectivity index (χ2v) is 4.40. The summed E-state index contributed by atoms with van der Waals surface area (Å²) in [5.41, 5.74) is 1.30. The van der Waals surface area contributed by atoms with Crippen molar-refractivity contribution in [2.75, 3.05) is 26.1 Å². The smallest absolute Gasteiger partial charge is 0.354 e. The highest BCUT2D eigenvalue weighted by molar-refractivity contribution is 5.99. The summed E-state index contributed by atoms with van der Waals surface area (Å²) in [4.78, 5) is 35.0. The van der Waals surface area contributed by atoms with E-state index in [1.807, 2.05) is 0 Å². The highest BCUT2D eigenvalue weighted by Gasteiger charge is 2.17. The molecule has 0 aromatic heterocycles. The molecule has 1 aromatic carbocycles. The number of carbonyl (C=O) groups excluding carboxylic acids is 3. The minimum Gasteiger partial charge on any atom is -0.466 e. The van der Waals surface area contributed by atoms with E-state index in [2.05, 4.69) is 14.8 Å². The minimum absolute atomic E-state index is 0.108. The topological polar surface area (TPSA) is 90.9 Å². The molecule has 7 heteroatoms. The predicted molar refractivity (Wildman–Crippen MR) is 82.9 cm³/mol. The van der Waals surface area contributed by atoms with Crippen LogP contribution in [0, 0.1) is 6.92 Å². The van der Waals surface area contributed by atoms with Crippen LogP contribution in [-0.2, 0) is 23.8 Å². The van der Waals surface area contributed by atoms with Gasteiger partial charge in [0.05, 0.1) is 32.5 Å². The summed E-state index contributed by atoms with van der Waals surface area (Å²) in [6.45, 7) is 3.66. The third-order valence-electron chi connectivity index (χ3n) is 2.97. The van der Waals surface area contributed by atoms with E-state index in [1.54, 1.807) is 32.0 Å². The SMILES string of the molecule is CCOC(=O)c1cccc(N/C(=C/C(=O)OC)C(=O)OC)c1C. The fraction of sp³-hybridized carbons (Fsp3) is 0.312. The van der Waals surface area contributed by atoms with Gasteiger partial charge in [0.25, 0.3) is 0 Å². The molecule has 0 spiro atoms. The van der Waals surface area contributed by atoms with Gasteiger partial charge in [0.1, 0.15) is 5.70 Å². The Labute approximate surface area is 134 Å². The van der Waals surface area contributed by atoms with Crippen molar-refractivity contribution >= 4 is 23.6 Å². The van der Waals surface area contributed by atoms with Gasteiger partial charge in [-0.2, -0.15) is 0 Å². The third-order valence-corrected chi connectivity index (χ3v) is 2.97. The lowest BCUT2D eigenvalue weighted by atomic mass is 10.1. The Morgan fingerprint density at radius 1 is 1.17 bits per heavy atom. The molecule has 23 heavy (non-hydrogen) atoms. The number of benzene rings is 1. The van der Waals surface area contributed by atoms with Crippen LogP contribution in [0.5, 0.6) is 0 Å². The van der Waals surface area contributed by atoms with Crippen molar-refractivity contribution in [3.63, 3.8) is 0 Å². The molecule has 7 nitrogen and oxygen atoms in total. The van der Waals surface area contributed by atoms with E-state index in [0.29, 0.717) is 16.8 Å². The Bertz CT molecular complexity index is 635. The zero-order chi connectivity index (χ0) is 17.4. The summed E-state index contributed by atoms with van der Waals surface area (Å²) in [6.07, 6.45) is 0.975. The van der Waals surface area contributed by atoms with Crippen LogP contribution in [0.3, 0.4) is 0 Å². The number of anilines is 1. The average molecular weight is 321 g/mol. The Morgan fingerprint density at radius 2 is 1.87 bits per heavy atom. The van der Waals surface area contributed by atoms with Crippen molar-refractivity contribution in [3.8, 4) is 0 Å². The molecule has 0 unspecified atom stereocenters. The Morgan fingerprint density at radius 3 is 2.43 bits per heavy atom. The van der Waals surface area contributed by atoms with Crippen LogP contribution in [0.4, 0.5) is 5.69 Å². The maximum atomic E-state index is 11.9. The van der Waals surface area contributed by atoms with E-state index in [1.165, 1.54) is 14.2 Å². The molecule has 0 saturated carbocycles. The summed E-state index contributed by atoms with van der Waals surface area (Å²) in [5, 5.41) is 2.78. The normalized spacial score (nSPS) is 10.7. The molecule has 0 atom stereocenters. The quantitative estimate of drug-likeness (QED) is 0.485. The van der Waals surface area contributed by atoms with Crippen LogP contribution in [0.1, 0.15) is 22.8 Å². The first-order chi connectivity index (χ1) is 10.9. The molecule has 1 rings (SSSR count). The van der Waals surface area contributed by atoms with Gasteiger partial charge in [-0.25, -0.2) is 14.4 Å². The van der Waals surface area contributed by atoms with Gasteiger partial charge in [0.15, 0.2) is 0 Å². The minimum atomic E-state index is -0.740. The molecule has 124 valence electrons. The Kier molecular flexibility index (Phi) is 6.79. The fourth-order valence-corrected chi connectivity index (χ4v) is 1.78. The van der Waals surface area contributed by atoms with Crippen LogP contribution in [0.25, 0.3) is 0 Å². The zero-order valence-electron chi connectivity index (χ0n) is 13.5. The molecule has 0 fully saturated rings. The van der Waals surface area contributed by atoms with E-state index in [-0.39, 0.29) is 12.3 Å². The number of carbonyl (C=O) groups is 3. The number of hydrogen-bond donors (Lipinski definition) is 1. The van der Waals surface area contributed by atoms with Gasteiger partial charge in [-0.1, -0.05) is 6.07 Å². The number of hydrogen-bond acceptors (Lipinski definition) is 7. The summed E-state index contributed by atoms with van der Waals surface area (Å²) in [5.74, 6) is -1.92. The highest BCUT2D eigenvalue weighted by Crippen LogP contribution is 2.21. The first kappa shape index (κ1) is 18.2. The number of esters is 3. The standard InChI is InChI=1S/C16H19NO6/c1-5-23-15(19)11-7-6-8-12(10(11)2)17-13(16(20)22-4)9-14(18)21-3/h6-9,17H,5H2,1-4H3/b13-9+. The van der Waals surface area contributed by atoms with Gasteiger partial charge in [0.2, 0.25) is 0 Å². The van der Waals surface area contributed by atoms with Crippen LogP contribution < -0.4 is 5.32 Å². The number of rotatable bonds is 6. The van der Waals surface area contributed by atoms with Crippen molar-refractivity contribution in [3.05, 3.63) is 41.1 Å². The van der Waals surface area contributed by atoms with Crippen LogP contribution in [0.2, 0.25) is 0 Å². The first-order valence-electron chi connectivity index (χ1n) is 6.86. The highest BCUT2D eigenvalue weighted by atomic mass is 16.5. The summed E-state index contributed by atoms with van der Waals surface area (Å²) in [6, 6.07) is 4.90. The van der Waals surface area contributed by atoms with E-state index < -0.39 is 17.9 Å². The molecule has 1 N–H and O–H groups in total. The van der Waals surface area contributed by atoms with Gasteiger partial charge >= 0.3 is 17.9 Å². The molecule has 0 aliphatic heterocycles. The Balaban J connectivity index is 3.17. The molecule has 0 amide bonds. The number of nitrogens with one attached hydrogen (secondary N) is 1. The molecule has 0 bridgehead atoms. The molecule has 0 radical (unpaired) electrons. The third kappa shape index (κ3) is 4.84. The van der Waals surface area contributed by atoms with E-state index >= 15 is 0 Å². The van der Waals surface area contributed by atoms with Crippen LogP contribution >= 0.6 is 0 Å². The van der Waals surface area contributed by atoms with E-state index in [9.17, 15) is 14.4 Å². The summed E-state index contributed by atoms with van der Waals surface area (Å²) < 4.78 is 14.1. The molecular formula is C16H19NO6. The van der Waals surface area contributed by atoms with Crippen molar-refractivity contribution in [2.24, 2.45) is 0 Å². The molecule has 0 saturated heterocycles. The molecular weight excluding hydrogens is 302 g/mol. The lowest BCUT2D eigenvalue weighted by Gasteiger charge is -2.14. The molecule has 0 aliphatic rings. The maximum Gasteiger partial charge on any atom is 0.354 e.